The number of likely N-dealkylation sites (tertiary alicyclic amines) is 1. The van der Waals surface area contributed by atoms with E-state index in [2.05, 4.69) is 6.92 Å². The maximum Gasteiger partial charge on any atom is 0.349 e. The SMILES string of the molecule is Cc1cc(C2CCC2)oc(=O)c1C(=O)N1CCC2(CC1)COC(C)C2. The highest BCUT2D eigenvalue weighted by Crippen LogP contribution is 2.42. The fourth-order valence-corrected chi connectivity index (χ4v) is 4.52. The predicted molar refractivity (Wildman–Crippen MR) is 93.9 cm³/mol. The quantitative estimate of drug-likeness (QED) is 0.825. The predicted octanol–water partition coefficient (Wildman–Crippen LogP) is 3.25. The van der Waals surface area contributed by atoms with Crippen LogP contribution in [0.25, 0.3) is 0 Å². The lowest BCUT2D eigenvalue weighted by Crippen LogP contribution is -2.45. The van der Waals surface area contributed by atoms with E-state index in [4.69, 9.17) is 9.15 Å². The number of hydrogen-bond acceptors (Lipinski definition) is 4. The Morgan fingerprint density at radius 3 is 2.52 bits per heavy atom. The van der Waals surface area contributed by atoms with Crippen LogP contribution in [0.4, 0.5) is 0 Å². The van der Waals surface area contributed by atoms with Crippen LogP contribution in [0.5, 0.6) is 0 Å². The summed E-state index contributed by atoms with van der Waals surface area (Å²) in [6.07, 6.45) is 6.63. The summed E-state index contributed by atoms with van der Waals surface area (Å²) in [4.78, 5) is 27.2. The van der Waals surface area contributed by atoms with Gasteiger partial charge in [-0.15, -0.1) is 0 Å². The molecular formula is C20H27NO4. The largest absolute Gasteiger partial charge is 0.427 e. The Kier molecular flexibility index (Phi) is 4.22. The van der Waals surface area contributed by atoms with Gasteiger partial charge in [-0.05, 0) is 63.0 Å². The Labute approximate surface area is 148 Å². The van der Waals surface area contributed by atoms with Gasteiger partial charge in [-0.2, -0.15) is 0 Å². The second kappa shape index (κ2) is 6.27. The topological polar surface area (TPSA) is 59.8 Å². The molecule has 0 N–H and O–H groups in total. The molecule has 2 aliphatic heterocycles. The number of carbonyl (C=O) groups excluding carboxylic acids is 1. The first kappa shape index (κ1) is 16.8. The molecule has 1 aromatic rings. The fourth-order valence-electron chi connectivity index (χ4n) is 4.52. The van der Waals surface area contributed by atoms with Gasteiger partial charge in [-0.3, -0.25) is 4.79 Å². The third-order valence-corrected chi connectivity index (χ3v) is 6.40. The lowest BCUT2D eigenvalue weighted by atomic mass is 9.76. The maximum atomic E-state index is 12.9. The zero-order chi connectivity index (χ0) is 17.6. The van der Waals surface area contributed by atoms with Gasteiger partial charge in [0, 0.05) is 19.0 Å². The van der Waals surface area contributed by atoms with Gasteiger partial charge in [0.1, 0.15) is 11.3 Å². The summed E-state index contributed by atoms with van der Waals surface area (Å²) in [5.74, 6) is 0.933. The second-order valence-electron chi connectivity index (χ2n) is 8.24. The molecule has 25 heavy (non-hydrogen) atoms. The van der Waals surface area contributed by atoms with E-state index in [0.717, 1.165) is 50.0 Å². The minimum absolute atomic E-state index is 0.173. The van der Waals surface area contributed by atoms with E-state index < -0.39 is 5.63 Å². The van der Waals surface area contributed by atoms with Crippen molar-refractivity contribution >= 4 is 5.91 Å². The number of rotatable bonds is 2. The molecule has 136 valence electrons. The van der Waals surface area contributed by atoms with Crippen LogP contribution in [0.2, 0.25) is 0 Å². The number of aryl methyl sites for hydroxylation is 1. The van der Waals surface area contributed by atoms with Gasteiger partial charge in [-0.1, -0.05) is 6.42 Å². The molecule has 3 heterocycles. The molecule has 1 amide bonds. The molecular weight excluding hydrogens is 318 g/mol. The van der Waals surface area contributed by atoms with Crippen molar-refractivity contribution in [2.75, 3.05) is 19.7 Å². The Bertz CT molecular complexity index is 726. The molecule has 0 aromatic carbocycles. The highest BCUT2D eigenvalue weighted by molar-refractivity contribution is 5.95. The number of piperidine rings is 1. The van der Waals surface area contributed by atoms with Crippen LogP contribution in [0.15, 0.2) is 15.3 Å². The van der Waals surface area contributed by atoms with Gasteiger partial charge < -0.3 is 14.1 Å². The van der Waals surface area contributed by atoms with E-state index in [-0.39, 0.29) is 16.9 Å². The molecule has 4 rings (SSSR count). The first-order chi connectivity index (χ1) is 12.0. The van der Waals surface area contributed by atoms with Crippen LogP contribution < -0.4 is 5.63 Å². The Hall–Kier alpha value is -1.62. The Morgan fingerprint density at radius 1 is 1.28 bits per heavy atom. The van der Waals surface area contributed by atoms with Crippen LogP contribution in [0, 0.1) is 12.3 Å². The van der Waals surface area contributed by atoms with Crippen LogP contribution in [-0.4, -0.2) is 36.6 Å². The Balaban J connectivity index is 1.49. The molecule has 0 bridgehead atoms. The van der Waals surface area contributed by atoms with Crippen molar-refractivity contribution in [1.82, 2.24) is 4.90 Å². The molecule has 3 aliphatic rings. The molecule has 1 aliphatic carbocycles. The van der Waals surface area contributed by atoms with Crippen LogP contribution in [-0.2, 0) is 4.74 Å². The smallest absolute Gasteiger partial charge is 0.349 e. The number of amides is 1. The van der Waals surface area contributed by atoms with E-state index in [1.807, 2.05) is 17.9 Å². The van der Waals surface area contributed by atoms with Gasteiger partial charge in [0.25, 0.3) is 5.91 Å². The zero-order valence-electron chi connectivity index (χ0n) is 15.2. The minimum Gasteiger partial charge on any atom is -0.427 e. The molecule has 5 heteroatoms. The van der Waals surface area contributed by atoms with E-state index in [9.17, 15) is 9.59 Å². The summed E-state index contributed by atoms with van der Waals surface area (Å²) in [5.41, 5.74) is 0.727. The molecule has 3 fully saturated rings. The van der Waals surface area contributed by atoms with Crippen molar-refractivity contribution in [3.8, 4) is 0 Å². The number of nitrogens with zero attached hydrogens (tertiary/aromatic N) is 1. The molecule has 0 radical (unpaired) electrons. The molecule has 2 saturated heterocycles. The summed E-state index contributed by atoms with van der Waals surface area (Å²) in [6.45, 7) is 6.15. The average molecular weight is 345 g/mol. The van der Waals surface area contributed by atoms with Crippen molar-refractivity contribution in [2.24, 2.45) is 5.41 Å². The van der Waals surface area contributed by atoms with Crippen molar-refractivity contribution in [3.63, 3.8) is 0 Å². The van der Waals surface area contributed by atoms with Crippen LogP contribution >= 0.6 is 0 Å². The van der Waals surface area contributed by atoms with Crippen molar-refractivity contribution in [1.29, 1.82) is 0 Å². The monoisotopic (exact) mass is 345 g/mol. The maximum absolute atomic E-state index is 12.9. The average Bonchev–Trinajstić information content (AvgIpc) is 2.86. The number of hydrogen-bond donors (Lipinski definition) is 0. The van der Waals surface area contributed by atoms with Crippen molar-refractivity contribution in [2.45, 2.75) is 64.4 Å². The number of ether oxygens (including phenoxy) is 1. The van der Waals surface area contributed by atoms with E-state index in [1.54, 1.807) is 0 Å². The highest BCUT2D eigenvalue weighted by atomic mass is 16.5. The van der Waals surface area contributed by atoms with Crippen molar-refractivity contribution < 1.29 is 13.9 Å². The van der Waals surface area contributed by atoms with Crippen molar-refractivity contribution in [3.05, 3.63) is 33.4 Å². The normalized spacial score (nSPS) is 26.0. The summed E-state index contributed by atoms with van der Waals surface area (Å²) in [7, 11) is 0. The lowest BCUT2D eigenvalue weighted by Gasteiger charge is -2.38. The third-order valence-electron chi connectivity index (χ3n) is 6.40. The third kappa shape index (κ3) is 3.03. The lowest BCUT2D eigenvalue weighted by molar-refractivity contribution is 0.0502. The van der Waals surface area contributed by atoms with E-state index in [1.165, 1.54) is 6.42 Å². The molecule has 5 nitrogen and oxygen atoms in total. The van der Waals surface area contributed by atoms with E-state index >= 15 is 0 Å². The van der Waals surface area contributed by atoms with E-state index in [0.29, 0.717) is 25.1 Å². The first-order valence-corrected chi connectivity index (χ1v) is 9.53. The standard InChI is InChI=1S/C20H27NO4/c1-13-10-16(15-4-3-5-15)25-19(23)17(13)18(22)21-8-6-20(7-9-21)11-14(2)24-12-20/h10,14-15H,3-9,11-12H2,1-2H3. The van der Waals surface area contributed by atoms with Gasteiger partial charge in [-0.25, -0.2) is 4.79 Å². The Morgan fingerprint density at radius 2 is 2.00 bits per heavy atom. The minimum atomic E-state index is -0.468. The molecule has 1 aromatic heterocycles. The molecule has 1 saturated carbocycles. The van der Waals surface area contributed by atoms with Crippen LogP contribution in [0.3, 0.4) is 0 Å². The molecule has 1 spiro atoms. The molecule has 1 unspecified atom stereocenters. The molecule has 1 atom stereocenters. The summed E-state index contributed by atoms with van der Waals surface area (Å²) >= 11 is 0. The first-order valence-electron chi connectivity index (χ1n) is 9.53. The summed E-state index contributed by atoms with van der Waals surface area (Å²) < 4.78 is 11.2. The van der Waals surface area contributed by atoms with Crippen LogP contribution in [0.1, 0.15) is 73.0 Å². The zero-order valence-corrected chi connectivity index (χ0v) is 15.2. The van der Waals surface area contributed by atoms with Gasteiger partial charge in [0.2, 0.25) is 0 Å². The number of carbonyl (C=O) groups is 1. The second-order valence-corrected chi connectivity index (χ2v) is 8.24. The van der Waals surface area contributed by atoms with Gasteiger partial charge in [0.05, 0.1) is 12.7 Å². The van der Waals surface area contributed by atoms with Gasteiger partial charge >= 0.3 is 5.63 Å². The fraction of sp³-hybridized carbons (Fsp3) is 0.700. The van der Waals surface area contributed by atoms with Gasteiger partial charge in [0.15, 0.2) is 0 Å². The summed E-state index contributed by atoms with van der Waals surface area (Å²) in [5, 5.41) is 0. The summed E-state index contributed by atoms with van der Waals surface area (Å²) in [6, 6.07) is 1.90. The highest BCUT2D eigenvalue weighted by Gasteiger charge is 2.42.